The van der Waals surface area contributed by atoms with Gasteiger partial charge in [0.05, 0.1) is 31.0 Å². The minimum atomic E-state index is -0.805. The number of hydrogen-bond donors (Lipinski definition) is 1. The van der Waals surface area contributed by atoms with Crippen LogP contribution in [0.4, 0.5) is 10.1 Å². The van der Waals surface area contributed by atoms with Gasteiger partial charge in [-0.25, -0.2) is 19.0 Å². The van der Waals surface area contributed by atoms with Crippen LogP contribution in [0, 0.1) is 5.82 Å². The molecule has 11 heteroatoms. The Kier molecular flexibility index (Phi) is 6.19. The molecule has 172 valence electrons. The first-order valence-electron chi connectivity index (χ1n) is 9.70. The molecule has 2 heterocycles. The van der Waals surface area contributed by atoms with Crippen LogP contribution in [0.15, 0.2) is 58.8 Å². The highest BCUT2D eigenvalue weighted by atomic mass is 32.1. The number of halogens is 1. The van der Waals surface area contributed by atoms with Crippen LogP contribution in [0.25, 0.3) is 16.2 Å². The van der Waals surface area contributed by atoms with Crippen LogP contribution >= 0.6 is 11.3 Å². The Balaban J connectivity index is 1.74. The van der Waals surface area contributed by atoms with E-state index in [1.165, 1.54) is 72.4 Å². The fraction of sp³-hybridized carbons (Fsp3) is 0.0870. The molecule has 34 heavy (non-hydrogen) atoms. The number of carbonyl (C=O) groups is 3. The Morgan fingerprint density at radius 1 is 1.00 bits per heavy atom. The minimum absolute atomic E-state index is 0.00225. The Morgan fingerprint density at radius 3 is 2.21 bits per heavy atom. The molecule has 9 nitrogen and oxygen atoms in total. The number of methoxy groups -OCH3 is 2. The van der Waals surface area contributed by atoms with Gasteiger partial charge in [-0.1, -0.05) is 0 Å². The predicted octanol–water partition coefficient (Wildman–Crippen LogP) is 3.39. The number of aromatic nitrogens is 2. The number of fused-ring (bicyclic) bond motifs is 1. The molecular weight excluding hydrogens is 465 g/mol. The van der Waals surface area contributed by atoms with Gasteiger partial charge in [0, 0.05) is 17.3 Å². The first kappa shape index (κ1) is 22.8. The van der Waals surface area contributed by atoms with Gasteiger partial charge in [0.2, 0.25) is 0 Å². The van der Waals surface area contributed by atoms with E-state index < -0.39 is 29.2 Å². The molecule has 0 saturated heterocycles. The summed E-state index contributed by atoms with van der Waals surface area (Å²) in [5.41, 5.74) is 0.185. The van der Waals surface area contributed by atoms with Crippen LogP contribution in [-0.2, 0) is 9.47 Å². The summed E-state index contributed by atoms with van der Waals surface area (Å²) >= 11 is 1.19. The first-order chi connectivity index (χ1) is 16.3. The number of carbonyl (C=O) groups excluding carboxylic acids is 3. The summed E-state index contributed by atoms with van der Waals surface area (Å²) in [5, 5.41) is 4.19. The highest BCUT2D eigenvalue weighted by Gasteiger charge is 2.19. The van der Waals surface area contributed by atoms with Crippen molar-refractivity contribution in [1.29, 1.82) is 0 Å². The maximum absolute atomic E-state index is 13.3. The smallest absolute Gasteiger partial charge is 0.337 e. The molecule has 1 N–H and O–H groups in total. The number of nitrogens with one attached hydrogen (secondary N) is 1. The lowest BCUT2D eigenvalue weighted by Gasteiger charge is -2.10. The van der Waals surface area contributed by atoms with Gasteiger partial charge in [-0.05, 0) is 48.0 Å². The van der Waals surface area contributed by atoms with Crippen molar-refractivity contribution < 1.29 is 28.2 Å². The summed E-state index contributed by atoms with van der Waals surface area (Å²) in [6.07, 6.45) is 1.14. The first-order valence-corrected chi connectivity index (χ1v) is 10.6. The second-order valence-corrected chi connectivity index (χ2v) is 7.80. The van der Waals surface area contributed by atoms with Crippen molar-refractivity contribution in [2.75, 3.05) is 19.5 Å². The van der Waals surface area contributed by atoms with E-state index in [1.54, 1.807) is 5.38 Å². The zero-order valence-corrected chi connectivity index (χ0v) is 18.6. The highest BCUT2D eigenvalue weighted by Crippen LogP contribution is 2.24. The largest absolute Gasteiger partial charge is 0.465 e. The normalized spacial score (nSPS) is 10.7. The fourth-order valence-electron chi connectivity index (χ4n) is 3.24. The number of rotatable bonds is 5. The van der Waals surface area contributed by atoms with Gasteiger partial charge < -0.3 is 14.8 Å². The van der Waals surface area contributed by atoms with Gasteiger partial charge in [-0.3, -0.25) is 14.0 Å². The molecule has 1 amide bonds. The van der Waals surface area contributed by atoms with Crippen LogP contribution in [-0.4, -0.2) is 41.5 Å². The minimum Gasteiger partial charge on any atom is -0.465 e. The lowest BCUT2D eigenvalue weighted by molar-refractivity contribution is 0.0599. The van der Waals surface area contributed by atoms with E-state index in [-0.39, 0.29) is 22.4 Å². The van der Waals surface area contributed by atoms with E-state index in [0.717, 1.165) is 6.20 Å². The summed E-state index contributed by atoms with van der Waals surface area (Å²) in [5.74, 6) is -2.69. The van der Waals surface area contributed by atoms with Gasteiger partial charge in [0.25, 0.3) is 11.5 Å². The zero-order chi connectivity index (χ0) is 24.4. The van der Waals surface area contributed by atoms with E-state index in [4.69, 9.17) is 0 Å². The second-order valence-electron chi connectivity index (χ2n) is 6.96. The third-order valence-electron chi connectivity index (χ3n) is 4.86. The summed E-state index contributed by atoms with van der Waals surface area (Å²) in [4.78, 5) is 54.6. The molecule has 0 unspecified atom stereocenters. The number of anilines is 1. The third-order valence-corrected chi connectivity index (χ3v) is 5.70. The Bertz CT molecular complexity index is 1460. The van der Waals surface area contributed by atoms with E-state index in [2.05, 4.69) is 19.8 Å². The van der Waals surface area contributed by atoms with Crippen molar-refractivity contribution in [3.05, 3.63) is 86.9 Å². The Hall–Kier alpha value is -4.38. The van der Waals surface area contributed by atoms with Crippen molar-refractivity contribution >= 4 is 39.8 Å². The van der Waals surface area contributed by atoms with Crippen molar-refractivity contribution in [3.8, 4) is 11.3 Å². The molecule has 0 saturated carbocycles. The number of thiazole rings is 1. The standard InChI is InChI=1S/C23H16FN3O6S/c1-32-21(30)13-7-14(22(31)33-2)9-16(8-13)26-19(28)17-10-25-23-27(20(17)29)18(11-34-23)12-3-5-15(24)6-4-12/h3-11H,1-2H3,(H,26,28). The number of nitrogens with zero attached hydrogens (tertiary/aromatic N) is 2. The van der Waals surface area contributed by atoms with Crippen molar-refractivity contribution in [3.63, 3.8) is 0 Å². The molecule has 0 spiro atoms. The van der Waals surface area contributed by atoms with E-state index in [9.17, 15) is 23.6 Å². The molecular formula is C23H16FN3O6S. The number of hydrogen-bond acceptors (Lipinski definition) is 8. The van der Waals surface area contributed by atoms with Gasteiger partial charge in [0.15, 0.2) is 4.96 Å². The maximum atomic E-state index is 13.3. The van der Waals surface area contributed by atoms with Crippen LogP contribution in [0.2, 0.25) is 0 Å². The zero-order valence-electron chi connectivity index (χ0n) is 17.8. The predicted molar refractivity (Wildman–Crippen MR) is 122 cm³/mol. The monoisotopic (exact) mass is 481 g/mol. The van der Waals surface area contributed by atoms with Gasteiger partial charge >= 0.3 is 11.9 Å². The molecule has 0 aliphatic carbocycles. The molecule has 0 aliphatic heterocycles. The molecule has 4 rings (SSSR count). The molecule has 0 bridgehead atoms. The number of esters is 2. The van der Waals surface area contributed by atoms with Crippen LogP contribution in [0.1, 0.15) is 31.1 Å². The van der Waals surface area contributed by atoms with Gasteiger partial charge in [-0.2, -0.15) is 0 Å². The van der Waals surface area contributed by atoms with Crippen LogP contribution in [0.3, 0.4) is 0 Å². The second kappa shape index (κ2) is 9.24. The molecule has 0 fully saturated rings. The van der Waals surface area contributed by atoms with E-state index in [1.807, 2.05) is 0 Å². The van der Waals surface area contributed by atoms with Crippen molar-refractivity contribution in [1.82, 2.24) is 9.38 Å². The molecule has 2 aromatic carbocycles. The lowest BCUT2D eigenvalue weighted by atomic mass is 10.1. The Morgan fingerprint density at radius 2 is 1.62 bits per heavy atom. The lowest BCUT2D eigenvalue weighted by Crippen LogP contribution is -2.26. The highest BCUT2D eigenvalue weighted by molar-refractivity contribution is 7.15. The van der Waals surface area contributed by atoms with Crippen LogP contribution < -0.4 is 10.9 Å². The SMILES string of the molecule is COC(=O)c1cc(NC(=O)c2cnc3scc(-c4ccc(F)cc4)n3c2=O)cc(C(=O)OC)c1. The number of ether oxygens (including phenoxy) is 2. The molecule has 0 radical (unpaired) electrons. The molecule has 0 atom stereocenters. The third kappa shape index (κ3) is 4.28. The fourth-order valence-corrected chi connectivity index (χ4v) is 4.10. The van der Waals surface area contributed by atoms with Crippen LogP contribution in [0.5, 0.6) is 0 Å². The molecule has 4 aromatic rings. The summed E-state index contributed by atoms with van der Waals surface area (Å²) in [7, 11) is 2.35. The maximum Gasteiger partial charge on any atom is 0.337 e. The van der Waals surface area contributed by atoms with Crippen molar-refractivity contribution in [2.24, 2.45) is 0 Å². The molecule has 2 aromatic heterocycles. The molecule has 0 aliphatic rings. The Labute approximate surface area is 195 Å². The summed E-state index contributed by atoms with van der Waals surface area (Å²) < 4.78 is 23.9. The number of benzene rings is 2. The van der Waals surface area contributed by atoms with E-state index >= 15 is 0 Å². The number of amides is 1. The average molecular weight is 481 g/mol. The average Bonchev–Trinajstić information content (AvgIpc) is 3.28. The summed E-state index contributed by atoms with van der Waals surface area (Å²) in [6.45, 7) is 0. The quantitative estimate of drug-likeness (QED) is 0.435. The van der Waals surface area contributed by atoms with Gasteiger partial charge in [-0.15, -0.1) is 11.3 Å². The summed E-state index contributed by atoms with van der Waals surface area (Å²) in [6, 6.07) is 9.42. The van der Waals surface area contributed by atoms with E-state index in [0.29, 0.717) is 16.2 Å². The van der Waals surface area contributed by atoms with Gasteiger partial charge in [0.1, 0.15) is 11.4 Å². The van der Waals surface area contributed by atoms with Crippen molar-refractivity contribution in [2.45, 2.75) is 0 Å². The topological polar surface area (TPSA) is 116 Å².